The minimum absolute atomic E-state index is 0. The zero-order valence-corrected chi connectivity index (χ0v) is 16.8. The summed E-state index contributed by atoms with van der Waals surface area (Å²) in [5.74, 6) is 1.50. The molecule has 0 saturated carbocycles. The third-order valence-corrected chi connectivity index (χ3v) is 2.92. The van der Waals surface area contributed by atoms with Crippen LogP contribution in [0.3, 0.4) is 0 Å². The van der Waals surface area contributed by atoms with Crippen molar-refractivity contribution in [1.82, 2.24) is 10.6 Å². The monoisotopic (exact) mass is 435 g/mol. The van der Waals surface area contributed by atoms with E-state index < -0.39 is 6.10 Å². The molecule has 0 saturated heterocycles. The summed E-state index contributed by atoms with van der Waals surface area (Å²) in [5.41, 5.74) is 0.813. The summed E-state index contributed by atoms with van der Waals surface area (Å²) in [6.45, 7) is 10.1. The first-order valence-corrected chi connectivity index (χ1v) is 8.03. The molecule has 0 aromatic heterocycles. The molecule has 132 valence electrons. The second-order valence-electron chi connectivity index (χ2n) is 5.40. The molecule has 1 atom stereocenters. The first-order valence-electron chi connectivity index (χ1n) is 8.03. The first kappa shape index (κ1) is 22.0. The van der Waals surface area contributed by atoms with Crippen LogP contribution >= 0.6 is 24.0 Å². The molecule has 0 amide bonds. The third-order valence-electron chi connectivity index (χ3n) is 2.92. The lowest BCUT2D eigenvalue weighted by Crippen LogP contribution is -2.37. The van der Waals surface area contributed by atoms with E-state index in [-0.39, 0.29) is 30.1 Å². The van der Waals surface area contributed by atoms with Crippen molar-refractivity contribution in [2.24, 2.45) is 4.99 Å². The lowest BCUT2D eigenvalue weighted by Gasteiger charge is -2.14. The van der Waals surface area contributed by atoms with Crippen LogP contribution < -0.4 is 15.4 Å². The van der Waals surface area contributed by atoms with Gasteiger partial charge in [0.15, 0.2) is 5.96 Å². The average molecular weight is 435 g/mol. The van der Waals surface area contributed by atoms with Crippen LogP contribution in [0.2, 0.25) is 0 Å². The van der Waals surface area contributed by atoms with Crippen molar-refractivity contribution in [1.29, 1.82) is 0 Å². The van der Waals surface area contributed by atoms with Crippen molar-refractivity contribution in [2.75, 3.05) is 19.6 Å². The summed E-state index contributed by atoms with van der Waals surface area (Å²) in [7, 11) is 0. The standard InChI is InChI=1S/C17H29N3O2.HI/c1-5-10-19-17(18-6-2)20-12-16(21)14-8-7-9-15(11-14)22-13(3)4;/h7-9,11,13,16,21H,5-6,10,12H2,1-4H3,(H2,18,19,20);1H. The smallest absolute Gasteiger partial charge is 0.191 e. The molecule has 1 aromatic carbocycles. The van der Waals surface area contributed by atoms with E-state index in [4.69, 9.17) is 4.74 Å². The van der Waals surface area contributed by atoms with Crippen molar-refractivity contribution in [3.63, 3.8) is 0 Å². The van der Waals surface area contributed by atoms with E-state index in [0.29, 0.717) is 6.54 Å². The van der Waals surface area contributed by atoms with Crippen LogP contribution in [0, 0.1) is 0 Å². The van der Waals surface area contributed by atoms with Crippen molar-refractivity contribution in [2.45, 2.75) is 46.3 Å². The van der Waals surface area contributed by atoms with Gasteiger partial charge in [-0.15, -0.1) is 24.0 Å². The maximum atomic E-state index is 10.3. The van der Waals surface area contributed by atoms with Gasteiger partial charge in [-0.05, 0) is 44.9 Å². The highest BCUT2D eigenvalue weighted by molar-refractivity contribution is 14.0. The van der Waals surface area contributed by atoms with Gasteiger partial charge in [-0.2, -0.15) is 0 Å². The fraction of sp³-hybridized carbons (Fsp3) is 0.588. The van der Waals surface area contributed by atoms with Gasteiger partial charge in [-0.25, -0.2) is 0 Å². The zero-order valence-electron chi connectivity index (χ0n) is 14.5. The van der Waals surface area contributed by atoms with Crippen LogP contribution in [0.1, 0.15) is 45.8 Å². The van der Waals surface area contributed by atoms with Gasteiger partial charge in [0.25, 0.3) is 0 Å². The largest absolute Gasteiger partial charge is 0.491 e. The van der Waals surface area contributed by atoms with E-state index in [1.54, 1.807) is 0 Å². The predicted molar refractivity (Wildman–Crippen MR) is 107 cm³/mol. The Morgan fingerprint density at radius 2 is 2.00 bits per heavy atom. The molecule has 3 N–H and O–H groups in total. The molecule has 1 unspecified atom stereocenters. The maximum Gasteiger partial charge on any atom is 0.191 e. The SMILES string of the molecule is CCCNC(=NCC(O)c1cccc(OC(C)C)c1)NCC.I. The van der Waals surface area contributed by atoms with Crippen molar-refractivity contribution < 1.29 is 9.84 Å². The number of nitrogens with zero attached hydrogens (tertiary/aromatic N) is 1. The summed E-state index contributed by atoms with van der Waals surface area (Å²) < 4.78 is 5.65. The summed E-state index contributed by atoms with van der Waals surface area (Å²) in [4.78, 5) is 4.42. The molecule has 1 aromatic rings. The molecule has 0 aliphatic heterocycles. The number of rotatable bonds is 8. The molecule has 6 heteroatoms. The first-order chi connectivity index (χ1) is 10.6. The second kappa shape index (κ2) is 12.4. The van der Waals surface area contributed by atoms with E-state index in [1.165, 1.54) is 0 Å². The molecular formula is C17H30IN3O2. The van der Waals surface area contributed by atoms with Crippen LogP contribution in [0.25, 0.3) is 0 Å². The predicted octanol–water partition coefficient (Wildman–Crippen LogP) is 3.09. The Kier molecular flexibility index (Phi) is 11.9. The zero-order chi connectivity index (χ0) is 16.4. The number of aliphatic hydroxyl groups is 1. The van der Waals surface area contributed by atoms with Gasteiger partial charge in [0, 0.05) is 13.1 Å². The molecule has 0 radical (unpaired) electrons. The molecular weight excluding hydrogens is 405 g/mol. The molecule has 0 heterocycles. The quantitative estimate of drug-likeness (QED) is 0.334. The molecule has 0 fully saturated rings. The fourth-order valence-electron chi connectivity index (χ4n) is 1.94. The van der Waals surface area contributed by atoms with E-state index in [2.05, 4.69) is 22.5 Å². The highest BCUT2D eigenvalue weighted by Gasteiger charge is 2.09. The van der Waals surface area contributed by atoms with E-state index >= 15 is 0 Å². The lowest BCUT2D eigenvalue weighted by molar-refractivity contribution is 0.185. The molecule has 1 rings (SSSR count). The number of ether oxygens (including phenoxy) is 1. The van der Waals surface area contributed by atoms with Gasteiger partial charge in [0.2, 0.25) is 0 Å². The number of hydrogen-bond acceptors (Lipinski definition) is 3. The summed E-state index contributed by atoms with van der Waals surface area (Å²) in [6, 6.07) is 7.54. The number of halogens is 1. The van der Waals surface area contributed by atoms with Gasteiger partial charge < -0.3 is 20.5 Å². The number of aliphatic imine (C=N–C) groups is 1. The maximum absolute atomic E-state index is 10.3. The number of hydrogen-bond donors (Lipinski definition) is 3. The third kappa shape index (κ3) is 9.00. The van der Waals surface area contributed by atoms with Gasteiger partial charge in [0.05, 0.1) is 18.8 Å². The Morgan fingerprint density at radius 3 is 2.61 bits per heavy atom. The number of guanidine groups is 1. The van der Waals surface area contributed by atoms with E-state index in [0.717, 1.165) is 36.8 Å². The lowest BCUT2D eigenvalue weighted by atomic mass is 10.1. The van der Waals surface area contributed by atoms with Crippen molar-refractivity contribution >= 4 is 29.9 Å². The minimum Gasteiger partial charge on any atom is -0.491 e. The summed E-state index contributed by atoms with van der Waals surface area (Å²) in [5, 5.41) is 16.7. The Morgan fingerprint density at radius 1 is 1.26 bits per heavy atom. The fourth-order valence-corrected chi connectivity index (χ4v) is 1.94. The summed E-state index contributed by atoms with van der Waals surface area (Å²) >= 11 is 0. The number of nitrogens with one attached hydrogen (secondary N) is 2. The van der Waals surface area contributed by atoms with Gasteiger partial charge >= 0.3 is 0 Å². The number of aliphatic hydroxyl groups excluding tert-OH is 1. The highest BCUT2D eigenvalue weighted by Crippen LogP contribution is 2.20. The topological polar surface area (TPSA) is 65.9 Å². The molecule has 0 aliphatic carbocycles. The molecule has 0 bridgehead atoms. The van der Waals surface area contributed by atoms with Gasteiger partial charge in [-0.1, -0.05) is 19.1 Å². The van der Waals surface area contributed by atoms with Crippen molar-refractivity contribution in [3.8, 4) is 5.75 Å². The van der Waals surface area contributed by atoms with Gasteiger partial charge in [0.1, 0.15) is 5.75 Å². The summed E-state index contributed by atoms with van der Waals surface area (Å²) in [6.07, 6.45) is 0.499. The van der Waals surface area contributed by atoms with E-state index in [9.17, 15) is 5.11 Å². The second-order valence-corrected chi connectivity index (χ2v) is 5.40. The minimum atomic E-state index is -0.646. The highest BCUT2D eigenvalue weighted by atomic mass is 127. The van der Waals surface area contributed by atoms with Crippen LogP contribution in [0.15, 0.2) is 29.3 Å². The number of benzene rings is 1. The Hall–Kier alpha value is -1.02. The van der Waals surface area contributed by atoms with Gasteiger partial charge in [-0.3, -0.25) is 4.99 Å². The van der Waals surface area contributed by atoms with Crippen molar-refractivity contribution in [3.05, 3.63) is 29.8 Å². The normalized spacial score (nSPS) is 12.5. The van der Waals surface area contributed by atoms with Crippen LogP contribution in [-0.2, 0) is 0 Å². The Balaban J connectivity index is 0.00000484. The molecule has 0 spiro atoms. The van der Waals surface area contributed by atoms with Crippen LogP contribution in [0.5, 0.6) is 5.75 Å². The van der Waals surface area contributed by atoms with E-state index in [1.807, 2.05) is 45.0 Å². The molecule has 23 heavy (non-hydrogen) atoms. The molecule has 5 nitrogen and oxygen atoms in total. The van der Waals surface area contributed by atoms with Crippen LogP contribution in [-0.4, -0.2) is 36.8 Å². The van der Waals surface area contributed by atoms with Crippen LogP contribution in [0.4, 0.5) is 0 Å². The average Bonchev–Trinajstić information content (AvgIpc) is 2.49. The molecule has 0 aliphatic rings. The Bertz CT molecular complexity index is 467. The Labute approximate surface area is 156 Å².